The van der Waals surface area contributed by atoms with Gasteiger partial charge in [0.1, 0.15) is 12.7 Å². The van der Waals surface area contributed by atoms with Crippen molar-refractivity contribution in [1.29, 1.82) is 0 Å². The molecule has 11 heteroatoms. The van der Waals surface area contributed by atoms with Crippen LogP contribution in [-0.4, -0.2) is 56.3 Å². The summed E-state index contributed by atoms with van der Waals surface area (Å²) in [5, 5.41) is 2.77. The number of nitrogens with zero attached hydrogens (tertiary/aromatic N) is 3. The third-order valence-corrected chi connectivity index (χ3v) is 6.86. The lowest BCUT2D eigenvalue weighted by Gasteiger charge is -2.18. The maximum Gasteiger partial charge on any atom is 0.414 e. The highest BCUT2D eigenvalue weighted by atomic mass is 35.5. The van der Waals surface area contributed by atoms with Crippen LogP contribution in [0.4, 0.5) is 16.2 Å². The number of ether oxygens (including phenoxy) is 2. The molecule has 2 saturated heterocycles. The Hall–Kier alpha value is -3.89. The van der Waals surface area contributed by atoms with Crippen molar-refractivity contribution in [1.82, 2.24) is 5.32 Å². The second-order valence-corrected chi connectivity index (χ2v) is 9.73. The zero-order valence-corrected chi connectivity index (χ0v) is 20.5. The molecule has 0 spiro atoms. The average Bonchev–Trinajstić information content (AvgIpc) is 3.63. The Morgan fingerprint density at radius 3 is 2.44 bits per heavy atom. The molecule has 3 heterocycles. The van der Waals surface area contributed by atoms with Crippen molar-refractivity contribution in [2.24, 2.45) is 4.99 Å². The summed E-state index contributed by atoms with van der Waals surface area (Å²) >= 11 is 7.06. The molecule has 36 heavy (non-hydrogen) atoms. The van der Waals surface area contributed by atoms with Crippen molar-refractivity contribution in [3.8, 4) is 0 Å². The third-order valence-electron chi connectivity index (χ3n) is 5.63. The monoisotopic (exact) mass is 524 g/mol. The number of cyclic esters (lactones) is 1. The molecule has 5 rings (SSSR count). The van der Waals surface area contributed by atoms with E-state index in [1.807, 2.05) is 23.1 Å². The molecule has 9 nitrogen and oxygen atoms in total. The van der Waals surface area contributed by atoms with E-state index < -0.39 is 12.2 Å². The van der Waals surface area contributed by atoms with E-state index >= 15 is 0 Å². The number of anilines is 2. The van der Waals surface area contributed by atoms with Crippen LogP contribution in [0.5, 0.6) is 0 Å². The highest BCUT2D eigenvalue weighted by Gasteiger charge is 2.33. The smallest absolute Gasteiger partial charge is 0.414 e. The van der Waals surface area contributed by atoms with E-state index in [1.165, 1.54) is 16.2 Å². The summed E-state index contributed by atoms with van der Waals surface area (Å²) in [6.45, 7) is 1.44. The van der Waals surface area contributed by atoms with Gasteiger partial charge in [0.05, 0.1) is 28.8 Å². The molecule has 2 fully saturated rings. The molecule has 1 atom stereocenters. The van der Waals surface area contributed by atoms with Gasteiger partial charge in [-0.25, -0.2) is 4.79 Å². The molecule has 2 aliphatic heterocycles. The normalized spacial score (nSPS) is 18.3. The third kappa shape index (κ3) is 5.19. The van der Waals surface area contributed by atoms with Crippen LogP contribution < -0.4 is 15.1 Å². The number of rotatable bonds is 6. The Morgan fingerprint density at radius 2 is 1.75 bits per heavy atom. The van der Waals surface area contributed by atoms with Crippen LogP contribution in [0.15, 0.2) is 71.7 Å². The molecule has 184 valence electrons. The second kappa shape index (κ2) is 10.4. The quantitative estimate of drug-likeness (QED) is 0.519. The van der Waals surface area contributed by atoms with Crippen LogP contribution in [0.3, 0.4) is 0 Å². The van der Waals surface area contributed by atoms with Crippen molar-refractivity contribution >= 4 is 58.2 Å². The molecule has 0 bridgehead atoms. The number of thiophene rings is 1. The topological polar surface area (TPSA) is 101 Å². The lowest BCUT2D eigenvalue weighted by Crippen LogP contribution is -2.34. The first-order chi connectivity index (χ1) is 17.5. The highest BCUT2D eigenvalue weighted by molar-refractivity contribution is 7.18. The number of carbonyl (C=O) groups excluding carboxylic acids is 3. The maximum absolute atomic E-state index is 12.5. The molecular weight excluding hydrogens is 504 g/mol. The van der Waals surface area contributed by atoms with Gasteiger partial charge in [-0.05, 0) is 48.5 Å². The van der Waals surface area contributed by atoms with Crippen molar-refractivity contribution < 1.29 is 23.9 Å². The number of halogens is 1. The number of carbonyl (C=O) groups is 3. The number of hydrogen-bond donors (Lipinski definition) is 1. The molecule has 1 aromatic heterocycles. The summed E-state index contributed by atoms with van der Waals surface area (Å²) in [6.07, 6.45) is -0.965. The Morgan fingerprint density at radius 1 is 1.03 bits per heavy atom. The van der Waals surface area contributed by atoms with E-state index in [0.29, 0.717) is 40.2 Å². The first-order valence-electron chi connectivity index (χ1n) is 11.2. The van der Waals surface area contributed by atoms with Crippen LogP contribution in [0.2, 0.25) is 4.34 Å². The summed E-state index contributed by atoms with van der Waals surface area (Å²) in [5.41, 5.74) is 1.91. The molecule has 2 aromatic carbocycles. The number of aliphatic imine (C=N–C) groups is 1. The second-order valence-electron chi connectivity index (χ2n) is 8.01. The van der Waals surface area contributed by atoms with Gasteiger partial charge in [0.25, 0.3) is 17.8 Å². The lowest BCUT2D eigenvalue weighted by atomic mass is 10.2. The van der Waals surface area contributed by atoms with E-state index in [4.69, 9.17) is 21.1 Å². The molecule has 3 amide bonds. The average molecular weight is 525 g/mol. The van der Waals surface area contributed by atoms with Gasteiger partial charge >= 0.3 is 6.09 Å². The number of amides is 3. The summed E-state index contributed by atoms with van der Waals surface area (Å²) in [6, 6.07) is 19.6. The molecule has 2 aliphatic rings. The number of nitrogens with one attached hydrogen (secondary N) is 1. The Balaban J connectivity index is 1.21. The minimum absolute atomic E-state index is 0.190. The van der Waals surface area contributed by atoms with Crippen LogP contribution in [-0.2, 0) is 9.47 Å². The predicted octanol–water partition coefficient (Wildman–Crippen LogP) is 4.19. The van der Waals surface area contributed by atoms with Gasteiger partial charge in [-0.1, -0.05) is 29.8 Å². The lowest BCUT2D eigenvalue weighted by molar-refractivity contribution is 0.0919. The Kier molecular flexibility index (Phi) is 6.88. The molecule has 1 N–H and O–H groups in total. The predicted molar refractivity (Wildman–Crippen MR) is 137 cm³/mol. The fourth-order valence-corrected chi connectivity index (χ4v) is 4.81. The van der Waals surface area contributed by atoms with Crippen molar-refractivity contribution in [2.75, 3.05) is 36.0 Å². The molecular formula is C25H21ClN4O5S. The van der Waals surface area contributed by atoms with Gasteiger partial charge in [0.2, 0.25) is 0 Å². The van der Waals surface area contributed by atoms with Crippen LogP contribution in [0.1, 0.15) is 20.0 Å². The largest absolute Gasteiger partial charge is 0.463 e. The van der Waals surface area contributed by atoms with Gasteiger partial charge in [-0.15, -0.1) is 11.3 Å². The molecule has 0 aliphatic carbocycles. The van der Waals surface area contributed by atoms with Crippen LogP contribution in [0, 0.1) is 0 Å². The fourth-order valence-electron chi connectivity index (χ4n) is 3.85. The molecule has 3 aromatic rings. The van der Waals surface area contributed by atoms with Gasteiger partial charge in [-0.2, -0.15) is 4.99 Å². The van der Waals surface area contributed by atoms with Crippen molar-refractivity contribution in [3.63, 3.8) is 0 Å². The van der Waals surface area contributed by atoms with Gasteiger partial charge in [0, 0.05) is 16.9 Å². The minimum Gasteiger partial charge on any atom is -0.463 e. The zero-order chi connectivity index (χ0) is 25.1. The number of benzene rings is 2. The zero-order valence-electron chi connectivity index (χ0n) is 18.9. The molecule has 0 unspecified atom stereocenters. The highest BCUT2D eigenvalue weighted by Crippen LogP contribution is 2.27. The maximum atomic E-state index is 12.5. The summed E-state index contributed by atoms with van der Waals surface area (Å²) in [5.74, 6) is -0.643. The number of hydrogen-bond acceptors (Lipinski definition) is 6. The Bertz CT molecular complexity index is 1310. The van der Waals surface area contributed by atoms with Gasteiger partial charge < -0.3 is 14.8 Å². The van der Waals surface area contributed by atoms with E-state index in [9.17, 15) is 14.4 Å². The molecule has 0 saturated carbocycles. The number of amidine groups is 1. The van der Waals surface area contributed by atoms with E-state index in [0.717, 1.165) is 5.69 Å². The fraction of sp³-hybridized carbons (Fsp3) is 0.200. The minimum atomic E-state index is -0.485. The first kappa shape index (κ1) is 23.8. The van der Waals surface area contributed by atoms with E-state index in [-0.39, 0.29) is 24.4 Å². The van der Waals surface area contributed by atoms with Crippen LogP contribution in [0.25, 0.3) is 0 Å². The van der Waals surface area contributed by atoms with Gasteiger partial charge in [-0.3, -0.25) is 19.4 Å². The van der Waals surface area contributed by atoms with E-state index in [2.05, 4.69) is 10.3 Å². The SMILES string of the molecule is O=C(N=C1OCCN1c1ccc(N2C[C@H](CNC(=O)c3ccc(Cl)s3)OC2=O)cc1)c1ccccc1. The summed E-state index contributed by atoms with van der Waals surface area (Å²) in [4.78, 5) is 45.1. The standard InChI is InChI=1S/C25H21ClN4O5S/c26-21-11-10-20(36-21)23(32)27-14-19-15-30(25(33)35-19)18-8-6-17(7-9-18)29-12-13-34-24(29)28-22(31)16-4-2-1-3-5-16/h1-11,19H,12-15H2,(H,27,32)/t19-/m0/s1. The van der Waals surface area contributed by atoms with E-state index in [1.54, 1.807) is 48.5 Å². The Labute approximate surface area is 215 Å². The van der Waals surface area contributed by atoms with Crippen molar-refractivity contribution in [3.05, 3.63) is 81.5 Å². The first-order valence-corrected chi connectivity index (χ1v) is 12.4. The summed E-state index contributed by atoms with van der Waals surface area (Å²) < 4.78 is 11.5. The van der Waals surface area contributed by atoms with Crippen molar-refractivity contribution in [2.45, 2.75) is 6.10 Å². The van der Waals surface area contributed by atoms with Gasteiger partial charge in [0.15, 0.2) is 0 Å². The van der Waals surface area contributed by atoms with Crippen LogP contribution >= 0.6 is 22.9 Å². The molecule has 0 radical (unpaired) electrons. The summed E-state index contributed by atoms with van der Waals surface area (Å²) in [7, 11) is 0.